The SMILES string of the molecule is [N-]=[N+]=N[C@@H]1CC2CN(C(=O)OCC3c4ccccc4-c4ccccc43)C[C@@]2(C(=O)O)C1. The van der Waals surface area contributed by atoms with Gasteiger partial charge in [-0.3, -0.25) is 4.79 Å². The van der Waals surface area contributed by atoms with E-state index in [1.54, 1.807) is 0 Å². The van der Waals surface area contributed by atoms with Crippen molar-refractivity contribution < 1.29 is 19.4 Å². The van der Waals surface area contributed by atoms with E-state index in [2.05, 4.69) is 34.3 Å². The zero-order valence-electron chi connectivity index (χ0n) is 16.8. The maximum absolute atomic E-state index is 12.9. The highest BCUT2D eigenvalue weighted by Crippen LogP contribution is 2.50. The van der Waals surface area contributed by atoms with Gasteiger partial charge in [-0.25, -0.2) is 4.79 Å². The number of rotatable bonds is 4. The fraction of sp³-hybridized carbons (Fsp3) is 0.391. The lowest BCUT2D eigenvalue weighted by Gasteiger charge is -2.24. The summed E-state index contributed by atoms with van der Waals surface area (Å²) in [6, 6.07) is 15.9. The second kappa shape index (κ2) is 7.32. The number of carboxylic acid groups (broad SMARTS) is 1. The third kappa shape index (κ3) is 3.02. The highest BCUT2D eigenvalue weighted by atomic mass is 16.6. The first-order valence-electron chi connectivity index (χ1n) is 10.4. The molecule has 8 heteroatoms. The Morgan fingerprint density at radius 2 is 1.81 bits per heavy atom. The molecule has 1 heterocycles. The number of carboxylic acids is 1. The summed E-state index contributed by atoms with van der Waals surface area (Å²) in [7, 11) is 0. The van der Waals surface area contributed by atoms with Crippen LogP contribution in [-0.2, 0) is 9.53 Å². The molecular weight excluding hydrogens is 396 g/mol. The van der Waals surface area contributed by atoms with Crippen LogP contribution in [0, 0.1) is 11.3 Å². The van der Waals surface area contributed by atoms with Crippen LogP contribution in [0.2, 0.25) is 0 Å². The molecule has 5 rings (SSSR count). The highest BCUT2D eigenvalue weighted by molar-refractivity contribution is 5.80. The summed E-state index contributed by atoms with van der Waals surface area (Å²) in [6.07, 6.45) is 0.241. The molecule has 1 amide bonds. The minimum Gasteiger partial charge on any atom is -0.481 e. The average Bonchev–Trinajstić information content (AvgIpc) is 3.40. The van der Waals surface area contributed by atoms with Crippen molar-refractivity contribution in [2.45, 2.75) is 24.8 Å². The molecule has 0 bridgehead atoms. The molecule has 31 heavy (non-hydrogen) atoms. The van der Waals surface area contributed by atoms with Crippen LogP contribution >= 0.6 is 0 Å². The molecule has 1 N–H and O–H groups in total. The van der Waals surface area contributed by atoms with Crippen molar-refractivity contribution in [3.63, 3.8) is 0 Å². The molecule has 2 aromatic rings. The second-order valence-corrected chi connectivity index (χ2v) is 8.64. The van der Waals surface area contributed by atoms with E-state index in [1.807, 2.05) is 24.3 Å². The first kappa shape index (κ1) is 19.5. The third-order valence-corrected chi connectivity index (χ3v) is 7.09. The number of carbonyl (C=O) groups is 2. The molecular formula is C23H22N4O4. The Hall–Kier alpha value is -3.51. The van der Waals surface area contributed by atoms with Gasteiger partial charge in [-0.2, -0.15) is 0 Å². The number of hydrogen-bond donors (Lipinski definition) is 1. The first-order valence-corrected chi connectivity index (χ1v) is 10.4. The third-order valence-electron chi connectivity index (χ3n) is 7.09. The molecule has 158 valence electrons. The fourth-order valence-corrected chi connectivity index (χ4v) is 5.65. The molecule has 0 spiro atoms. The minimum atomic E-state index is -1.07. The molecule has 2 aromatic carbocycles. The lowest BCUT2D eigenvalue weighted by atomic mass is 9.81. The molecule has 1 saturated heterocycles. The molecule has 1 saturated carbocycles. The number of ether oxygens (including phenoxy) is 1. The van der Waals surface area contributed by atoms with E-state index < -0.39 is 17.5 Å². The summed E-state index contributed by atoms with van der Waals surface area (Å²) < 4.78 is 5.70. The number of nitrogens with zero attached hydrogens (tertiary/aromatic N) is 4. The van der Waals surface area contributed by atoms with Crippen molar-refractivity contribution in [2.24, 2.45) is 16.4 Å². The zero-order chi connectivity index (χ0) is 21.6. The molecule has 0 radical (unpaired) electrons. The molecule has 3 atom stereocenters. The summed E-state index contributed by atoms with van der Waals surface area (Å²) in [5.74, 6) is -1.22. The van der Waals surface area contributed by atoms with Gasteiger partial charge in [0.2, 0.25) is 0 Å². The van der Waals surface area contributed by atoms with Crippen LogP contribution in [0.15, 0.2) is 53.6 Å². The van der Waals surface area contributed by atoms with Gasteiger partial charge < -0.3 is 14.7 Å². The number of carbonyl (C=O) groups excluding carboxylic acids is 1. The summed E-state index contributed by atoms with van der Waals surface area (Å²) in [6.45, 7) is 0.594. The van der Waals surface area contributed by atoms with E-state index in [4.69, 9.17) is 10.3 Å². The Kier molecular flexibility index (Phi) is 4.59. The molecule has 1 aliphatic heterocycles. The minimum absolute atomic E-state index is 0.0405. The van der Waals surface area contributed by atoms with Gasteiger partial charge in [-0.05, 0) is 46.5 Å². The predicted octanol–water partition coefficient (Wildman–Crippen LogP) is 4.41. The summed E-state index contributed by atoms with van der Waals surface area (Å²) in [5.41, 5.74) is 12.2. The highest BCUT2D eigenvalue weighted by Gasteiger charge is 2.59. The number of amides is 1. The first-order chi connectivity index (χ1) is 15.0. The van der Waals surface area contributed by atoms with Crippen LogP contribution in [0.3, 0.4) is 0 Å². The van der Waals surface area contributed by atoms with Gasteiger partial charge in [-0.15, -0.1) is 0 Å². The van der Waals surface area contributed by atoms with Crippen molar-refractivity contribution in [1.82, 2.24) is 4.90 Å². The Morgan fingerprint density at radius 1 is 1.16 bits per heavy atom. The van der Waals surface area contributed by atoms with Crippen molar-refractivity contribution in [3.05, 3.63) is 70.1 Å². The predicted molar refractivity (Wildman–Crippen MR) is 112 cm³/mol. The van der Waals surface area contributed by atoms with Gasteiger partial charge in [0.1, 0.15) is 6.61 Å². The van der Waals surface area contributed by atoms with Gasteiger partial charge in [0.15, 0.2) is 0 Å². The topological polar surface area (TPSA) is 116 Å². The number of benzene rings is 2. The van der Waals surface area contributed by atoms with Crippen LogP contribution in [0.1, 0.15) is 29.9 Å². The second-order valence-electron chi connectivity index (χ2n) is 8.64. The summed E-state index contributed by atoms with van der Waals surface area (Å²) in [5, 5.41) is 13.6. The van der Waals surface area contributed by atoms with Crippen LogP contribution in [0.25, 0.3) is 21.6 Å². The van der Waals surface area contributed by atoms with E-state index in [-0.39, 0.29) is 37.5 Å². The molecule has 8 nitrogen and oxygen atoms in total. The number of hydrogen-bond acceptors (Lipinski definition) is 4. The van der Waals surface area contributed by atoms with Gasteiger partial charge in [-0.1, -0.05) is 53.6 Å². The van der Waals surface area contributed by atoms with Crippen molar-refractivity contribution in [1.29, 1.82) is 0 Å². The fourth-order valence-electron chi connectivity index (χ4n) is 5.65. The van der Waals surface area contributed by atoms with E-state index in [0.29, 0.717) is 13.0 Å². The Bertz CT molecular complexity index is 1070. The smallest absolute Gasteiger partial charge is 0.409 e. The standard InChI is InChI=1S/C23H22N4O4/c24-26-25-15-9-14-11-27(13-23(14,10-15)21(28)29)22(30)31-12-20-18-7-3-1-5-16(18)17-6-2-4-8-19(17)20/h1-8,14-15,20H,9-13H2,(H,28,29)/t14?,15-,23+/m1/s1. The molecule has 0 aromatic heterocycles. The number of aliphatic carboxylic acids is 1. The maximum Gasteiger partial charge on any atom is 0.409 e. The van der Waals surface area contributed by atoms with Crippen LogP contribution in [0.4, 0.5) is 4.79 Å². The van der Waals surface area contributed by atoms with Crippen molar-refractivity contribution in [2.75, 3.05) is 19.7 Å². The van der Waals surface area contributed by atoms with Crippen molar-refractivity contribution >= 4 is 12.1 Å². The normalized spacial score (nSPS) is 26.0. The van der Waals surface area contributed by atoms with Crippen LogP contribution in [0.5, 0.6) is 0 Å². The molecule has 1 unspecified atom stereocenters. The van der Waals surface area contributed by atoms with E-state index >= 15 is 0 Å². The van der Waals surface area contributed by atoms with Crippen molar-refractivity contribution in [3.8, 4) is 11.1 Å². The molecule has 2 fully saturated rings. The van der Waals surface area contributed by atoms with E-state index in [0.717, 1.165) is 22.3 Å². The van der Waals surface area contributed by atoms with E-state index in [9.17, 15) is 14.7 Å². The Balaban J connectivity index is 1.30. The largest absolute Gasteiger partial charge is 0.481 e. The molecule has 2 aliphatic carbocycles. The van der Waals surface area contributed by atoms with Gasteiger partial charge >= 0.3 is 12.1 Å². The average molecular weight is 418 g/mol. The zero-order valence-corrected chi connectivity index (χ0v) is 16.8. The van der Waals surface area contributed by atoms with Gasteiger partial charge in [0.05, 0.1) is 5.41 Å². The van der Waals surface area contributed by atoms with Gasteiger partial charge in [0.25, 0.3) is 0 Å². The molecule has 3 aliphatic rings. The Labute approximate surface area is 179 Å². The lowest BCUT2D eigenvalue weighted by molar-refractivity contribution is -0.149. The van der Waals surface area contributed by atoms with E-state index in [1.165, 1.54) is 4.90 Å². The monoisotopic (exact) mass is 418 g/mol. The summed E-state index contributed by atoms with van der Waals surface area (Å²) in [4.78, 5) is 29.2. The van der Waals surface area contributed by atoms with Crippen LogP contribution in [-0.4, -0.2) is 47.8 Å². The Morgan fingerprint density at radius 3 is 2.39 bits per heavy atom. The lowest BCUT2D eigenvalue weighted by Crippen LogP contribution is -2.38. The number of likely N-dealkylation sites (tertiary alicyclic amines) is 1. The maximum atomic E-state index is 12.9. The number of fused-ring (bicyclic) bond motifs is 4. The van der Waals surface area contributed by atoms with Crippen LogP contribution < -0.4 is 0 Å². The number of azide groups is 1. The summed E-state index contributed by atoms with van der Waals surface area (Å²) >= 11 is 0. The van der Waals surface area contributed by atoms with Gasteiger partial charge in [0, 0.05) is 30.0 Å². The quantitative estimate of drug-likeness (QED) is 0.450.